The molecule has 6 nitrogen and oxygen atoms in total. The Balaban J connectivity index is 1.46. The molecular formula is C20H25FN4O2. The molecule has 2 aliphatic heterocycles. The summed E-state index contributed by atoms with van der Waals surface area (Å²) in [6.07, 6.45) is 2.75. The van der Waals surface area contributed by atoms with E-state index in [0.29, 0.717) is 39.3 Å². The summed E-state index contributed by atoms with van der Waals surface area (Å²) in [5.41, 5.74) is 1.21. The van der Waals surface area contributed by atoms with E-state index in [0.717, 1.165) is 23.4 Å². The molecule has 0 saturated carbocycles. The predicted octanol–water partition coefficient (Wildman–Crippen LogP) is 2.24. The van der Waals surface area contributed by atoms with Crippen LogP contribution in [0.2, 0.25) is 0 Å². The van der Waals surface area contributed by atoms with Crippen molar-refractivity contribution in [2.24, 2.45) is 0 Å². The third-order valence-electron chi connectivity index (χ3n) is 5.38. The first-order valence-corrected chi connectivity index (χ1v) is 9.52. The number of halogens is 1. The van der Waals surface area contributed by atoms with Crippen molar-refractivity contribution in [1.29, 1.82) is 0 Å². The van der Waals surface area contributed by atoms with Gasteiger partial charge in [0.1, 0.15) is 0 Å². The van der Waals surface area contributed by atoms with Gasteiger partial charge in [-0.1, -0.05) is 30.3 Å². The fourth-order valence-corrected chi connectivity index (χ4v) is 3.98. The Hall–Kier alpha value is -2.25. The number of rotatable bonds is 4. The summed E-state index contributed by atoms with van der Waals surface area (Å²) in [6, 6.07) is 9.98. The fourth-order valence-electron chi connectivity index (χ4n) is 3.98. The van der Waals surface area contributed by atoms with Gasteiger partial charge in [0.15, 0.2) is 0 Å². The zero-order valence-corrected chi connectivity index (χ0v) is 15.4. The number of carbonyl (C=O) groups excluding carboxylic acids is 1. The number of alkyl halides is 1. The summed E-state index contributed by atoms with van der Waals surface area (Å²) in [6.45, 7) is 3.41. The molecule has 1 atom stereocenters. The molecule has 0 bridgehead atoms. The second kappa shape index (κ2) is 7.78. The summed E-state index contributed by atoms with van der Waals surface area (Å²) in [4.78, 5) is 16.4. The highest BCUT2D eigenvalue weighted by atomic mass is 19.1. The topological polar surface area (TPSA) is 61.5 Å². The largest absolute Gasteiger partial charge is 0.378 e. The smallest absolute Gasteiger partial charge is 0.261 e. The first-order valence-electron chi connectivity index (χ1n) is 9.52. The van der Waals surface area contributed by atoms with Gasteiger partial charge in [0.2, 0.25) is 5.67 Å². The quantitative estimate of drug-likeness (QED) is 0.894. The van der Waals surface area contributed by atoms with Crippen LogP contribution in [0.15, 0.2) is 36.5 Å². The number of nitrogens with one attached hydrogen (secondary N) is 1. The lowest BCUT2D eigenvalue weighted by molar-refractivity contribution is -0.152. The van der Waals surface area contributed by atoms with Crippen LogP contribution in [0, 0.1) is 0 Å². The number of amides is 1. The van der Waals surface area contributed by atoms with Crippen molar-refractivity contribution in [2.75, 3.05) is 39.4 Å². The SMILES string of the molecule is O=C(N1CCOCC1)C1(F)CCCN(Cc2cn[nH]c2-c2ccccc2)C1. The molecular weight excluding hydrogens is 347 g/mol. The summed E-state index contributed by atoms with van der Waals surface area (Å²) in [7, 11) is 0. The van der Waals surface area contributed by atoms with E-state index in [1.54, 1.807) is 11.1 Å². The van der Waals surface area contributed by atoms with Gasteiger partial charge in [-0.25, -0.2) is 4.39 Å². The van der Waals surface area contributed by atoms with Gasteiger partial charge in [-0.05, 0) is 24.9 Å². The molecule has 1 aromatic carbocycles. The van der Waals surface area contributed by atoms with Crippen LogP contribution in [0.3, 0.4) is 0 Å². The van der Waals surface area contributed by atoms with Crippen LogP contribution >= 0.6 is 0 Å². The number of aromatic amines is 1. The van der Waals surface area contributed by atoms with Crippen molar-refractivity contribution in [3.8, 4) is 11.3 Å². The number of hydrogen-bond acceptors (Lipinski definition) is 4. The minimum absolute atomic E-state index is 0.128. The van der Waals surface area contributed by atoms with Crippen molar-refractivity contribution < 1.29 is 13.9 Å². The molecule has 4 rings (SSSR count). The van der Waals surface area contributed by atoms with Crippen molar-refractivity contribution in [3.05, 3.63) is 42.1 Å². The number of ether oxygens (including phenoxy) is 1. The van der Waals surface area contributed by atoms with Gasteiger partial charge in [-0.3, -0.25) is 14.8 Å². The highest BCUT2D eigenvalue weighted by molar-refractivity contribution is 5.85. The molecule has 0 aliphatic carbocycles. The predicted molar refractivity (Wildman–Crippen MR) is 99.8 cm³/mol. The van der Waals surface area contributed by atoms with Gasteiger partial charge in [0, 0.05) is 31.7 Å². The van der Waals surface area contributed by atoms with Crippen LogP contribution in [0.25, 0.3) is 11.3 Å². The van der Waals surface area contributed by atoms with Crippen molar-refractivity contribution in [2.45, 2.75) is 25.1 Å². The molecule has 3 heterocycles. The minimum atomic E-state index is -1.81. The van der Waals surface area contributed by atoms with Gasteiger partial charge >= 0.3 is 0 Å². The van der Waals surface area contributed by atoms with E-state index in [1.165, 1.54) is 0 Å². The Morgan fingerprint density at radius 1 is 1.22 bits per heavy atom. The number of piperidine rings is 1. The van der Waals surface area contributed by atoms with Gasteiger partial charge in [0.25, 0.3) is 5.91 Å². The van der Waals surface area contributed by atoms with Crippen LogP contribution in [-0.4, -0.2) is 71.0 Å². The maximum atomic E-state index is 15.6. The number of benzene rings is 1. The third kappa shape index (κ3) is 3.89. The van der Waals surface area contributed by atoms with Gasteiger partial charge < -0.3 is 9.64 Å². The van der Waals surface area contributed by atoms with Gasteiger partial charge in [-0.15, -0.1) is 0 Å². The third-order valence-corrected chi connectivity index (χ3v) is 5.38. The molecule has 144 valence electrons. The van der Waals surface area contributed by atoms with E-state index < -0.39 is 5.67 Å². The molecule has 2 saturated heterocycles. The maximum absolute atomic E-state index is 15.6. The molecule has 1 amide bonds. The molecule has 2 aromatic rings. The number of likely N-dealkylation sites (tertiary alicyclic amines) is 1. The van der Waals surface area contributed by atoms with Crippen LogP contribution in [0.4, 0.5) is 4.39 Å². The molecule has 2 fully saturated rings. The van der Waals surface area contributed by atoms with E-state index in [2.05, 4.69) is 10.2 Å². The molecule has 0 radical (unpaired) electrons. The molecule has 7 heteroatoms. The second-order valence-electron chi connectivity index (χ2n) is 7.32. The molecule has 27 heavy (non-hydrogen) atoms. The first-order chi connectivity index (χ1) is 13.2. The normalized spacial score (nSPS) is 24.1. The Bertz CT molecular complexity index is 775. The average molecular weight is 372 g/mol. The fraction of sp³-hybridized carbons (Fsp3) is 0.500. The van der Waals surface area contributed by atoms with Crippen LogP contribution in [0.5, 0.6) is 0 Å². The lowest BCUT2D eigenvalue weighted by Crippen LogP contribution is -2.57. The van der Waals surface area contributed by atoms with Crippen molar-refractivity contribution in [3.63, 3.8) is 0 Å². The van der Waals surface area contributed by atoms with Crippen molar-refractivity contribution in [1.82, 2.24) is 20.0 Å². The Kier molecular flexibility index (Phi) is 5.22. The van der Waals surface area contributed by atoms with Crippen LogP contribution in [0.1, 0.15) is 18.4 Å². The summed E-state index contributed by atoms with van der Waals surface area (Å²) in [5, 5.41) is 7.22. The standard InChI is InChI=1S/C20H25FN4O2/c21-20(19(26)25-9-11-27-12-10-25)7-4-8-24(15-20)14-17-13-22-23-18(17)16-5-2-1-3-6-16/h1-3,5-6,13H,4,7-12,14-15H2,(H,22,23). The minimum Gasteiger partial charge on any atom is -0.378 e. The molecule has 1 N–H and O–H groups in total. The van der Waals surface area contributed by atoms with Crippen molar-refractivity contribution >= 4 is 5.91 Å². The number of morpholine rings is 1. The molecule has 1 unspecified atom stereocenters. The lowest BCUT2D eigenvalue weighted by atomic mass is 9.92. The number of aromatic nitrogens is 2. The van der Waals surface area contributed by atoms with Crippen LogP contribution < -0.4 is 0 Å². The zero-order valence-electron chi connectivity index (χ0n) is 15.4. The first kappa shape index (κ1) is 18.1. The highest BCUT2D eigenvalue weighted by Gasteiger charge is 2.45. The Morgan fingerprint density at radius 2 is 2.00 bits per heavy atom. The maximum Gasteiger partial charge on any atom is 0.261 e. The number of H-pyrrole nitrogens is 1. The summed E-state index contributed by atoms with van der Waals surface area (Å²) >= 11 is 0. The van der Waals surface area contributed by atoms with E-state index in [9.17, 15) is 4.79 Å². The summed E-state index contributed by atoms with van der Waals surface area (Å²) in [5.74, 6) is -0.383. The summed E-state index contributed by atoms with van der Waals surface area (Å²) < 4.78 is 20.8. The van der Waals surface area contributed by atoms with E-state index in [4.69, 9.17) is 4.74 Å². The second-order valence-corrected chi connectivity index (χ2v) is 7.32. The molecule has 2 aliphatic rings. The molecule has 1 aromatic heterocycles. The average Bonchev–Trinajstić information content (AvgIpc) is 3.17. The lowest BCUT2D eigenvalue weighted by Gasteiger charge is -2.40. The van der Waals surface area contributed by atoms with Gasteiger partial charge in [0.05, 0.1) is 25.1 Å². The number of hydrogen-bond donors (Lipinski definition) is 1. The zero-order chi connectivity index (χ0) is 18.7. The monoisotopic (exact) mass is 372 g/mol. The van der Waals surface area contributed by atoms with E-state index >= 15 is 4.39 Å². The Morgan fingerprint density at radius 3 is 2.78 bits per heavy atom. The van der Waals surface area contributed by atoms with E-state index in [-0.39, 0.29) is 18.9 Å². The van der Waals surface area contributed by atoms with E-state index in [1.807, 2.05) is 35.2 Å². The highest BCUT2D eigenvalue weighted by Crippen LogP contribution is 2.30. The number of nitrogens with zero attached hydrogens (tertiary/aromatic N) is 3. The molecule has 0 spiro atoms. The number of carbonyl (C=O) groups is 1. The van der Waals surface area contributed by atoms with Gasteiger partial charge in [-0.2, -0.15) is 5.10 Å². The van der Waals surface area contributed by atoms with Crippen LogP contribution in [-0.2, 0) is 16.1 Å². The Labute approximate surface area is 158 Å².